The van der Waals surface area contributed by atoms with Crippen LogP contribution >= 0.6 is 11.8 Å². The van der Waals surface area contributed by atoms with Crippen molar-refractivity contribution in [1.82, 2.24) is 0 Å². The SMILES string of the molecule is COC(=O)c1ccc(C(=O)Nc2ccc3c(c2)C(C)(C)CC(C)(C)S3)cc1. The van der Waals surface area contributed by atoms with Gasteiger partial charge in [0.15, 0.2) is 0 Å². The number of ether oxygens (including phenoxy) is 1. The fourth-order valence-electron chi connectivity index (χ4n) is 3.80. The van der Waals surface area contributed by atoms with Crippen LogP contribution in [0.1, 0.15) is 60.4 Å². The molecule has 0 aromatic heterocycles. The maximum atomic E-state index is 12.6. The molecular weight excluding hydrogens is 358 g/mol. The molecule has 0 fully saturated rings. The van der Waals surface area contributed by atoms with Gasteiger partial charge in [-0.3, -0.25) is 4.79 Å². The fourth-order valence-corrected chi connectivity index (χ4v) is 5.41. The Morgan fingerprint density at radius 3 is 2.26 bits per heavy atom. The second-order valence-corrected chi connectivity index (χ2v) is 9.91. The highest BCUT2D eigenvalue weighted by molar-refractivity contribution is 8.00. The number of amides is 1. The minimum absolute atomic E-state index is 0.0486. The van der Waals surface area contributed by atoms with E-state index in [2.05, 4.69) is 49.9 Å². The van der Waals surface area contributed by atoms with Gasteiger partial charge in [-0.2, -0.15) is 0 Å². The Balaban J connectivity index is 1.81. The van der Waals surface area contributed by atoms with Crippen LogP contribution in [0.5, 0.6) is 0 Å². The maximum absolute atomic E-state index is 12.6. The van der Waals surface area contributed by atoms with Gasteiger partial charge in [-0.05, 0) is 59.9 Å². The van der Waals surface area contributed by atoms with Gasteiger partial charge in [0.1, 0.15) is 0 Å². The molecule has 1 heterocycles. The number of fused-ring (bicyclic) bond motifs is 1. The Labute approximate surface area is 164 Å². The molecule has 0 atom stereocenters. The summed E-state index contributed by atoms with van der Waals surface area (Å²) in [7, 11) is 1.33. The molecule has 0 radical (unpaired) electrons. The molecule has 1 aliphatic rings. The molecule has 0 saturated carbocycles. The molecule has 5 heteroatoms. The lowest BCUT2D eigenvalue weighted by atomic mass is 9.77. The van der Waals surface area contributed by atoms with Crippen molar-refractivity contribution in [3.8, 4) is 0 Å². The zero-order chi connectivity index (χ0) is 19.8. The predicted molar refractivity (Wildman–Crippen MR) is 110 cm³/mol. The summed E-state index contributed by atoms with van der Waals surface area (Å²) >= 11 is 1.89. The number of benzene rings is 2. The lowest BCUT2D eigenvalue weighted by Gasteiger charge is -2.41. The lowest BCUT2D eigenvalue weighted by molar-refractivity contribution is 0.0600. The lowest BCUT2D eigenvalue weighted by Crippen LogP contribution is -2.33. The van der Waals surface area contributed by atoms with Gasteiger partial charge in [-0.1, -0.05) is 27.7 Å². The molecule has 0 saturated heterocycles. The zero-order valence-corrected chi connectivity index (χ0v) is 17.2. The zero-order valence-electron chi connectivity index (χ0n) is 16.4. The minimum atomic E-state index is -0.417. The van der Waals surface area contributed by atoms with E-state index in [0.717, 1.165) is 12.1 Å². The number of carbonyl (C=O) groups is 2. The Kier molecular flexibility index (Phi) is 5.08. The van der Waals surface area contributed by atoms with Gasteiger partial charge in [-0.25, -0.2) is 4.79 Å². The molecule has 2 aromatic rings. The molecule has 2 aromatic carbocycles. The van der Waals surface area contributed by atoms with Gasteiger partial charge in [-0.15, -0.1) is 11.8 Å². The summed E-state index contributed by atoms with van der Waals surface area (Å²) < 4.78 is 4.87. The first-order valence-corrected chi connectivity index (χ1v) is 9.76. The first-order chi connectivity index (χ1) is 12.6. The van der Waals surface area contributed by atoms with E-state index >= 15 is 0 Å². The van der Waals surface area contributed by atoms with Crippen LogP contribution < -0.4 is 5.32 Å². The summed E-state index contributed by atoms with van der Waals surface area (Å²) in [5.41, 5.74) is 3.02. The number of anilines is 1. The largest absolute Gasteiger partial charge is 0.465 e. The van der Waals surface area contributed by atoms with Crippen LogP contribution in [-0.4, -0.2) is 23.7 Å². The van der Waals surface area contributed by atoms with Crippen molar-refractivity contribution in [2.24, 2.45) is 0 Å². The summed E-state index contributed by atoms with van der Waals surface area (Å²) in [5, 5.41) is 2.97. The van der Waals surface area contributed by atoms with E-state index in [1.54, 1.807) is 24.3 Å². The smallest absolute Gasteiger partial charge is 0.337 e. The van der Waals surface area contributed by atoms with Crippen molar-refractivity contribution in [3.63, 3.8) is 0 Å². The summed E-state index contributed by atoms with van der Waals surface area (Å²) in [4.78, 5) is 25.3. The average molecular weight is 384 g/mol. The van der Waals surface area contributed by atoms with Crippen LogP contribution in [0.4, 0.5) is 5.69 Å². The molecule has 3 rings (SSSR count). The highest BCUT2D eigenvalue weighted by atomic mass is 32.2. The molecule has 0 aliphatic carbocycles. The number of hydrogen-bond acceptors (Lipinski definition) is 4. The third kappa shape index (κ3) is 4.19. The molecule has 1 amide bonds. The van der Waals surface area contributed by atoms with Crippen LogP contribution in [0, 0.1) is 0 Å². The molecule has 0 spiro atoms. The first-order valence-electron chi connectivity index (χ1n) is 8.95. The highest BCUT2D eigenvalue weighted by Crippen LogP contribution is 2.51. The fraction of sp³-hybridized carbons (Fsp3) is 0.364. The van der Waals surface area contributed by atoms with E-state index in [1.807, 2.05) is 17.8 Å². The number of nitrogens with one attached hydrogen (secondary N) is 1. The van der Waals surface area contributed by atoms with Crippen molar-refractivity contribution >= 4 is 29.3 Å². The number of methoxy groups -OCH3 is 1. The van der Waals surface area contributed by atoms with E-state index in [1.165, 1.54) is 17.6 Å². The number of hydrogen-bond donors (Lipinski definition) is 1. The Hall–Kier alpha value is -2.27. The number of carbonyl (C=O) groups excluding carboxylic acids is 2. The van der Waals surface area contributed by atoms with Crippen LogP contribution in [0.25, 0.3) is 0 Å². The van der Waals surface area contributed by atoms with Gasteiger partial charge in [0.25, 0.3) is 5.91 Å². The van der Waals surface area contributed by atoms with E-state index < -0.39 is 5.97 Å². The number of esters is 1. The van der Waals surface area contributed by atoms with Crippen molar-refractivity contribution in [2.45, 2.75) is 49.2 Å². The molecule has 142 valence electrons. The molecule has 4 nitrogen and oxygen atoms in total. The quantitative estimate of drug-likeness (QED) is 0.733. The van der Waals surface area contributed by atoms with Crippen molar-refractivity contribution in [1.29, 1.82) is 0 Å². The monoisotopic (exact) mass is 383 g/mol. The summed E-state index contributed by atoms with van der Waals surface area (Å²) in [6.07, 6.45) is 1.07. The van der Waals surface area contributed by atoms with E-state index in [9.17, 15) is 9.59 Å². The Morgan fingerprint density at radius 1 is 1.00 bits per heavy atom. The van der Waals surface area contributed by atoms with Crippen molar-refractivity contribution < 1.29 is 14.3 Å². The normalized spacial score (nSPS) is 16.9. The molecule has 1 aliphatic heterocycles. The van der Waals surface area contributed by atoms with E-state index in [4.69, 9.17) is 0 Å². The second-order valence-electron chi connectivity index (χ2n) is 8.16. The molecule has 1 N–H and O–H groups in total. The van der Waals surface area contributed by atoms with Crippen LogP contribution in [-0.2, 0) is 10.2 Å². The highest BCUT2D eigenvalue weighted by Gasteiger charge is 2.38. The number of thioether (sulfide) groups is 1. The van der Waals surface area contributed by atoms with Crippen molar-refractivity contribution in [3.05, 3.63) is 59.2 Å². The van der Waals surface area contributed by atoms with Gasteiger partial charge in [0.2, 0.25) is 0 Å². The summed E-state index contributed by atoms with van der Waals surface area (Å²) in [6.45, 7) is 9.06. The average Bonchev–Trinajstić information content (AvgIpc) is 2.60. The van der Waals surface area contributed by atoms with Crippen LogP contribution in [0.2, 0.25) is 0 Å². The van der Waals surface area contributed by atoms with Gasteiger partial charge < -0.3 is 10.1 Å². The number of rotatable bonds is 3. The van der Waals surface area contributed by atoms with Gasteiger partial charge >= 0.3 is 5.97 Å². The predicted octanol–water partition coefficient (Wildman–Crippen LogP) is 5.28. The van der Waals surface area contributed by atoms with Crippen LogP contribution in [0.15, 0.2) is 47.4 Å². The van der Waals surface area contributed by atoms with Crippen LogP contribution in [0.3, 0.4) is 0 Å². The van der Waals surface area contributed by atoms with Gasteiger partial charge in [0.05, 0.1) is 12.7 Å². The standard InChI is InChI=1S/C22H25NO3S/c1-21(2)13-22(3,4)27-18-11-10-16(12-17(18)21)23-19(24)14-6-8-15(9-7-14)20(25)26-5/h6-12H,13H2,1-5H3,(H,23,24). The summed E-state index contributed by atoms with van der Waals surface area (Å²) in [6, 6.07) is 12.6. The van der Waals surface area contributed by atoms with Gasteiger partial charge in [0, 0.05) is 20.9 Å². The minimum Gasteiger partial charge on any atom is -0.465 e. The van der Waals surface area contributed by atoms with E-state index in [0.29, 0.717) is 11.1 Å². The third-order valence-electron chi connectivity index (χ3n) is 4.79. The molecular formula is C22H25NO3S. The van der Waals surface area contributed by atoms with Crippen molar-refractivity contribution in [2.75, 3.05) is 12.4 Å². The molecule has 27 heavy (non-hydrogen) atoms. The molecule has 0 bridgehead atoms. The second kappa shape index (κ2) is 7.04. The molecule has 0 unspecified atom stereocenters. The maximum Gasteiger partial charge on any atom is 0.337 e. The Morgan fingerprint density at radius 2 is 1.63 bits per heavy atom. The third-order valence-corrected chi connectivity index (χ3v) is 6.06. The Bertz CT molecular complexity index is 885. The topological polar surface area (TPSA) is 55.4 Å². The summed E-state index contributed by atoms with van der Waals surface area (Å²) in [5.74, 6) is -0.618. The first kappa shape index (κ1) is 19.5. The van der Waals surface area contributed by atoms with E-state index in [-0.39, 0.29) is 16.1 Å².